The molecule has 1 aliphatic carbocycles. The first-order valence-electron chi connectivity index (χ1n) is 7.32. The molecule has 0 aromatic heterocycles. The SMILES string of the molecule is CC(C)(C)C1CCC(C(O)c2ccccc2F)CC1. The molecule has 0 radical (unpaired) electrons. The van der Waals surface area contributed by atoms with Gasteiger partial charge in [0.15, 0.2) is 0 Å². The van der Waals surface area contributed by atoms with Gasteiger partial charge in [0.1, 0.15) is 5.82 Å². The van der Waals surface area contributed by atoms with Crippen LogP contribution < -0.4 is 0 Å². The molecule has 1 atom stereocenters. The molecule has 1 N–H and O–H groups in total. The highest BCUT2D eigenvalue weighted by Crippen LogP contribution is 2.43. The van der Waals surface area contributed by atoms with Crippen LogP contribution in [-0.2, 0) is 0 Å². The molecule has 1 aromatic carbocycles. The second-order valence-corrected chi connectivity index (χ2v) is 6.94. The van der Waals surface area contributed by atoms with E-state index in [1.807, 2.05) is 0 Å². The molecule has 1 aliphatic rings. The molecule has 1 aromatic rings. The van der Waals surface area contributed by atoms with Gasteiger partial charge < -0.3 is 5.11 Å². The normalized spacial score (nSPS) is 26.2. The summed E-state index contributed by atoms with van der Waals surface area (Å²) in [5, 5.41) is 10.4. The highest BCUT2D eigenvalue weighted by molar-refractivity contribution is 5.20. The molecule has 1 nitrogen and oxygen atoms in total. The lowest BCUT2D eigenvalue weighted by Gasteiger charge is -2.38. The number of rotatable bonds is 2. The lowest BCUT2D eigenvalue weighted by molar-refractivity contribution is 0.0506. The summed E-state index contributed by atoms with van der Waals surface area (Å²) in [6.07, 6.45) is 3.62. The average molecular weight is 264 g/mol. The van der Waals surface area contributed by atoms with Crippen LogP contribution in [0.5, 0.6) is 0 Å². The third kappa shape index (κ3) is 3.36. The maximum absolute atomic E-state index is 13.7. The number of aliphatic hydroxyl groups excluding tert-OH is 1. The zero-order valence-electron chi connectivity index (χ0n) is 12.2. The average Bonchev–Trinajstić information content (AvgIpc) is 2.38. The molecule has 1 saturated carbocycles. The Morgan fingerprint density at radius 1 is 1.11 bits per heavy atom. The Hall–Kier alpha value is -0.890. The van der Waals surface area contributed by atoms with Crippen LogP contribution in [0.1, 0.15) is 58.1 Å². The van der Waals surface area contributed by atoms with E-state index in [1.54, 1.807) is 18.2 Å². The van der Waals surface area contributed by atoms with Crippen LogP contribution in [-0.4, -0.2) is 5.11 Å². The molecule has 2 heteroatoms. The van der Waals surface area contributed by atoms with Gasteiger partial charge in [0.2, 0.25) is 0 Å². The summed E-state index contributed by atoms with van der Waals surface area (Å²) in [7, 11) is 0. The first kappa shape index (κ1) is 14.5. The van der Waals surface area contributed by atoms with Crippen molar-refractivity contribution < 1.29 is 9.50 Å². The van der Waals surface area contributed by atoms with Gasteiger partial charge in [-0.2, -0.15) is 0 Å². The molecule has 19 heavy (non-hydrogen) atoms. The van der Waals surface area contributed by atoms with Crippen molar-refractivity contribution in [2.75, 3.05) is 0 Å². The van der Waals surface area contributed by atoms with Crippen LogP contribution >= 0.6 is 0 Å². The molecule has 2 rings (SSSR count). The standard InChI is InChI=1S/C17H25FO/c1-17(2,3)13-10-8-12(9-11-13)16(19)14-6-4-5-7-15(14)18/h4-7,12-13,16,19H,8-11H2,1-3H3. The maximum Gasteiger partial charge on any atom is 0.129 e. The minimum Gasteiger partial charge on any atom is -0.388 e. The Kier molecular flexibility index (Phi) is 4.29. The third-order valence-electron chi connectivity index (χ3n) is 4.67. The van der Waals surface area contributed by atoms with Crippen molar-refractivity contribution in [3.8, 4) is 0 Å². The predicted octanol–water partition coefficient (Wildman–Crippen LogP) is 4.71. The van der Waals surface area contributed by atoms with Crippen LogP contribution in [0.4, 0.5) is 4.39 Å². The van der Waals surface area contributed by atoms with E-state index in [4.69, 9.17) is 0 Å². The Balaban J connectivity index is 2.00. The largest absolute Gasteiger partial charge is 0.388 e. The third-order valence-corrected chi connectivity index (χ3v) is 4.67. The summed E-state index contributed by atoms with van der Waals surface area (Å²) >= 11 is 0. The van der Waals surface area contributed by atoms with E-state index < -0.39 is 6.10 Å². The van der Waals surface area contributed by atoms with E-state index in [0.29, 0.717) is 11.0 Å². The van der Waals surface area contributed by atoms with Crippen LogP contribution in [0.2, 0.25) is 0 Å². The first-order valence-corrected chi connectivity index (χ1v) is 7.32. The fourth-order valence-electron chi connectivity index (χ4n) is 3.27. The first-order chi connectivity index (χ1) is 8.89. The summed E-state index contributed by atoms with van der Waals surface area (Å²) in [6, 6.07) is 6.60. The van der Waals surface area contributed by atoms with Gasteiger partial charge in [-0.3, -0.25) is 0 Å². The number of hydrogen-bond donors (Lipinski definition) is 1. The monoisotopic (exact) mass is 264 g/mol. The smallest absolute Gasteiger partial charge is 0.129 e. The lowest BCUT2D eigenvalue weighted by atomic mass is 9.68. The Bertz CT molecular complexity index is 414. The van der Waals surface area contributed by atoms with Crippen molar-refractivity contribution in [1.82, 2.24) is 0 Å². The summed E-state index contributed by atoms with van der Waals surface area (Å²) in [6.45, 7) is 6.85. The second kappa shape index (κ2) is 5.62. The van der Waals surface area contributed by atoms with Gasteiger partial charge in [0.05, 0.1) is 6.10 Å². The fraction of sp³-hybridized carbons (Fsp3) is 0.647. The van der Waals surface area contributed by atoms with Gasteiger partial charge in [-0.15, -0.1) is 0 Å². The topological polar surface area (TPSA) is 20.2 Å². The number of halogens is 1. The van der Waals surface area contributed by atoms with Gasteiger partial charge >= 0.3 is 0 Å². The Morgan fingerprint density at radius 2 is 1.68 bits per heavy atom. The van der Waals surface area contributed by atoms with Gasteiger partial charge in [0, 0.05) is 5.56 Å². The van der Waals surface area contributed by atoms with Gasteiger partial charge in [0.25, 0.3) is 0 Å². The molecule has 0 saturated heterocycles. The Labute approximate surface area is 115 Å². The minimum absolute atomic E-state index is 0.204. The van der Waals surface area contributed by atoms with Crippen LogP contribution in [0.3, 0.4) is 0 Å². The van der Waals surface area contributed by atoms with Gasteiger partial charge in [-0.25, -0.2) is 4.39 Å². The molecule has 0 spiro atoms. The van der Waals surface area contributed by atoms with E-state index >= 15 is 0 Å². The summed E-state index contributed by atoms with van der Waals surface area (Å²) in [5.41, 5.74) is 0.801. The van der Waals surface area contributed by atoms with E-state index in [9.17, 15) is 9.50 Å². The number of aliphatic hydroxyl groups is 1. The quantitative estimate of drug-likeness (QED) is 0.820. The van der Waals surface area contributed by atoms with E-state index in [2.05, 4.69) is 20.8 Å². The molecule has 0 bridgehead atoms. The van der Waals surface area contributed by atoms with Crippen molar-refractivity contribution in [3.63, 3.8) is 0 Å². The zero-order valence-corrected chi connectivity index (χ0v) is 12.2. The Morgan fingerprint density at radius 3 is 2.21 bits per heavy atom. The summed E-state index contributed by atoms with van der Waals surface area (Å²) in [5.74, 6) is 0.639. The van der Waals surface area contributed by atoms with Crippen molar-refractivity contribution in [2.45, 2.75) is 52.6 Å². The molecule has 0 amide bonds. The van der Waals surface area contributed by atoms with Crippen molar-refractivity contribution >= 4 is 0 Å². The molecule has 106 valence electrons. The maximum atomic E-state index is 13.7. The van der Waals surface area contributed by atoms with Crippen molar-refractivity contribution in [1.29, 1.82) is 0 Å². The van der Waals surface area contributed by atoms with E-state index in [1.165, 1.54) is 6.07 Å². The van der Waals surface area contributed by atoms with Crippen molar-refractivity contribution in [2.24, 2.45) is 17.3 Å². The van der Waals surface area contributed by atoms with E-state index in [0.717, 1.165) is 31.6 Å². The van der Waals surface area contributed by atoms with Gasteiger partial charge in [-0.05, 0) is 49.0 Å². The van der Waals surface area contributed by atoms with Gasteiger partial charge in [-0.1, -0.05) is 39.0 Å². The van der Waals surface area contributed by atoms with Crippen LogP contribution in [0.25, 0.3) is 0 Å². The predicted molar refractivity (Wildman–Crippen MR) is 76.3 cm³/mol. The van der Waals surface area contributed by atoms with E-state index in [-0.39, 0.29) is 11.7 Å². The fourth-order valence-corrected chi connectivity index (χ4v) is 3.27. The van der Waals surface area contributed by atoms with Crippen LogP contribution in [0, 0.1) is 23.1 Å². The molecule has 1 unspecified atom stereocenters. The molecular formula is C17H25FO. The summed E-state index contributed by atoms with van der Waals surface area (Å²) < 4.78 is 13.7. The lowest BCUT2D eigenvalue weighted by Crippen LogP contribution is -2.28. The molecule has 0 heterocycles. The highest BCUT2D eigenvalue weighted by Gasteiger charge is 2.33. The zero-order chi connectivity index (χ0) is 14.0. The second-order valence-electron chi connectivity index (χ2n) is 6.94. The minimum atomic E-state index is -0.651. The molecule has 1 fully saturated rings. The summed E-state index contributed by atoms with van der Waals surface area (Å²) in [4.78, 5) is 0. The number of hydrogen-bond acceptors (Lipinski definition) is 1. The molecule has 0 aliphatic heterocycles. The van der Waals surface area contributed by atoms with Crippen molar-refractivity contribution in [3.05, 3.63) is 35.6 Å². The highest BCUT2D eigenvalue weighted by atomic mass is 19.1. The molecular weight excluding hydrogens is 239 g/mol. The van der Waals surface area contributed by atoms with Crippen LogP contribution in [0.15, 0.2) is 24.3 Å². The number of benzene rings is 1.